The number of halogens is 3. The van der Waals surface area contributed by atoms with Crippen molar-refractivity contribution in [2.75, 3.05) is 25.6 Å². The van der Waals surface area contributed by atoms with Crippen molar-refractivity contribution < 1.29 is 26.4 Å². The fourth-order valence-electron chi connectivity index (χ4n) is 2.79. The highest BCUT2D eigenvalue weighted by molar-refractivity contribution is 8.05. The molecular weight excluding hydrogens is 385 g/mol. The SMILES string of the molecule is CN(C)c1c(CS(=O)(=O)C2=NOCC2)c(C(F)(F)F)nn1-c1ccccc1. The second-order valence-electron chi connectivity index (χ2n) is 6.12. The van der Waals surface area contributed by atoms with Crippen LogP contribution in [0.25, 0.3) is 5.69 Å². The first-order chi connectivity index (χ1) is 12.6. The molecular formula is C16H17F3N4O3S. The average Bonchev–Trinajstić information content (AvgIpc) is 3.22. The number of oxime groups is 1. The van der Waals surface area contributed by atoms with E-state index in [0.717, 1.165) is 4.68 Å². The van der Waals surface area contributed by atoms with E-state index in [4.69, 9.17) is 0 Å². The van der Waals surface area contributed by atoms with Crippen LogP contribution in [0.2, 0.25) is 0 Å². The first-order valence-corrected chi connectivity index (χ1v) is 9.60. The maximum atomic E-state index is 13.6. The van der Waals surface area contributed by atoms with Crippen LogP contribution < -0.4 is 4.90 Å². The van der Waals surface area contributed by atoms with Gasteiger partial charge in [0.05, 0.1) is 11.4 Å². The normalized spacial score (nSPS) is 14.8. The monoisotopic (exact) mass is 402 g/mol. The third-order valence-corrected chi connectivity index (χ3v) is 5.58. The van der Waals surface area contributed by atoms with Crippen molar-refractivity contribution in [2.45, 2.75) is 18.3 Å². The van der Waals surface area contributed by atoms with Crippen LogP contribution >= 0.6 is 0 Å². The molecule has 0 saturated heterocycles. The minimum atomic E-state index is -4.82. The summed E-state index contributed by atoms with van der Waals surface area (Å²) in [6, 6.07) is 8.22. The van der Waals surface area contributed by atoms with Crippen LogP contribution in [0.15, 0.2) is 35.5 Å². The lowest BCUT2D eigenvalue weighted by atomic mass is 10.2. The zero-order chi connectivity index (χ0) is 19.8. The van der Waals surface area contributed by atoms with Gasteiger partial charge in [-0.2, -0.15) is 18.3 Å². The molecule has 1 aliphatic heterocycles. The Labute approximate surface area is 153 Å². The van der Waals surface area contributed by atoms with Crippen molar-refractivity contribution in [3.05, 3.63) is 41.6 Å². The molecule has 0 aliphatic carbocycles. The maximum absolute atomic E-state index is 13.6. The van der Waals surface area contributed by atoms with Crippen LogP contribution in [0, 0.1) is 0 Å². The number of alkyl halides is 3. The standard InChI is InChI=1S/C16H17F3N4O3S/c1-22(2)15-12(10-27(24,25)13-8-9-26-21-13)14(16(17,18)19)20-23(15)11-6-4-3-5-7-11/h3-7H,8-10H2,1-2H3. The molecule has 1 aliphatic rings. The molecule has 0 spiro atoms. The van der Waals surface area contributed by atoms with E-state index in [1.807, 2.05) is 0 Å². The van der Waals surface area contributed by atoms with Gasteiger partial charge in [-0.1, -0.05) is 23.4 Å². The van der Waals surface area contributed by atoms with E-state index in [9.17, 15) is 21.6 Å². The van der Waals surface area contributed by atoms with Gasteiger partial charge in [-0.25, -0.2) is 13.1 Å². The van der Waals surface area contributed by atoms with Gasteiger partial charge in [0, 0.05) is 26.1 Å². The first kappa shape index (κ1) is 19.2. The summed E-state index contributed by atoms with van der Waals surface area (Å²) < 4.78 is 67.1. The van der Waals surface area contributed by atoms with Crippen LogP contribution in [0.1, 0.15) is 17.7 Å². The zero-order valence-electron chi connectivity index (χ0n) is 14.6. The van der Waals surface area contributed by atoms with Crippen LogP contribution in [0.3, 0.4) is 0 Å². The van der Waals surface area contributed by atoms with Crippen molar-refractivity contribution in [1.29, 1.82) is 0 Å². The van der Waals surface area contributed by atoms with E-state index in [-0.39, 0.29) is 23.9 Å². The third-order valence-electron chi connectivity index (χ3n) is 3.92. The van der Waals surface area contributed by atoms with E-state index >= 15 is 0 Å². The summed E-state index contributed by atoms with van der Waals surface area (Å²) in [6.45, 7) is 0.0878. The lowest BCUT2D eigenvalue weighted by Crippen LogP contribution is -2.21. The molecule has 1 aromatic carbocycles. The van der Waals surface area contributed by atoms with Gasteiger partial charge in [0.1, 0.15) is 12.4 Å². The lowest BCUT2D eigenvalue weighted by Gasteiger charge is -2.17. The van der Waals surface area contributed by atoms with Gasteiger partial charge >= 0.3 is 6.18 Å². The molecule has 2 aromatic rings. The van der Waals surface area contributed by atoms with Crippen LogP contribution in [-0.4, -0.2) is 43.9 Å². The molecule has 0 bridgehead atoms. The number of aromatic nitrogens is 2. The minimum absolute atomic E-state index is 0.0355. The second-order valence-corrected chi connectivity index (χ2v) is 8.11. The van der Waals surface area contributed by atoms with Gasteiger partial charge in [0.25, 0.3) is 0 Å². The van der Waals surface area contributed by atoms with Crippen molar-refractivity contribution in [1.82, 2.24) is 9.78 Å². The largest absolute Gasteiger partial charge is 0.435 e. The summed E-state index contributed by atoms with van der Waals surface area (Å²) in [7, 11) is -1.01. The van der Waals surface area contributed by atoms with E-state index in [1.165, 1.54) is 19.0 Å². The van der Waals surface area contributed by atoms with Crippen molar-refractivity contribution in [3.8, 4) is 5.69 Å². The van der Waals surface area contributed by atoms with Gasteiger partial charge in [-0.15, -0.1) is 0 Å². The molecule has 3 rings (SSSR count). The van der Waals surface area contributed by atoms with E-state index in [0.29, 0.717) is 5.69 Å². The highest BCUT2D eigenvalue weighted by Crippen LogP contribution is 2.38. The maximum Gasteiger partial charge on any atom is 0.435 e. The molecule has 0 unspecified atom stereocenters. The Morgan fingerprint density at radius 2 is 1.89 bits per heavy atom. The number of sulfone groups is 1. The van der Waals surface area contributed by atoms with E-state index < -0.39 is 33.0 Å². The Kier molecular flexibility index (Phi) is 4.89. The molecule has 1 aromatic heterocycles. The number of rotatable bonds is 4. The van der Waals surface area contributed by atoms with Gasteiger partial charge in [0.15, 0.2) is 20.6 Å². The summed E-state index contributed by atoms with van der Waals surface area (Å²) >= 11 is 0. The van der Waals surface area contributed by atoms with Gasteiger partial charge in [0.2, 0.25) is 0 Å². The predicted molar refractivity (Wildman–Crippen MR) is 93.5 cm³/mol. The van der Waals surface area contributed by atoms with Gasteiger partial charge in [-0.3, -0.25) is 0 Å². The van der Waals surface area contributed by atoms with Crippen molar-refractivity contribution in [2.24, 2.45) is 5.16 Å². The Hall–Kier alpha value is -2.56. The molecule has 0 amide bonds. The molecule has 0 atom stereocenters. The fourth-order valence-corrected chi connectivity index (χ4v) is 4.17. The van der Waals surface area contributed by atoms with Gasteiger partial charge < -0.3 is 9.74 Å². The lowest BCUT2D eigenvalue weighted by molar-refractivity contribution is -0.141. The van der Waals surface area contributed by atoms with E-state index in [1.54, 1.807) is 30.3 Å². The molecule has 27 heavy (non-hydrogen) atoms. The van der Waals surface area contributed by atoms with Crippen LogP contribution in [-0.2, 0) is 26.6 Å². The number of nitrogens with zero attached hydrogens (tertiary/aromatic N) is 4. The smallest absolute Gasteiger partial charge is 0.395 e. The first-order valence-electron chi connectivity index (χ1n) is 7.94. The topological polar surface area (TPSA) is 76.8 Å². The molecule has 0 radical (unpaired) electrons. The van der Waals surface area contributed by atoms with Gasteiger partial charge in [-0.05, 0) is 12.1 Å². The number of hydrogen-bond donors (Lipinski definition) is 0. The third kappa shape index (κ3) is 3.77. The molecule has 146 valence electrons. The minimum Gasteiger partial charge on any atom is -0.395 e. The van der Waals surface area contributed by atoms with E-state index in [2.05, 4.69) is 15.1 Å². The molecule has 0 fully saturated rings. The highest BCUT2D eigenvalue weighted by atomic mass is 32.2. The summed E-state index contributed by atoms with van der Waals surface area (Å²) in [6.07, 6.45) is -4.78. The highest BCUT2D eigenvalue weighted by Gasteiger charge is 2.42. The molecule has 11 heteroatoms. The summed E-state index contributed by atoms with van der Waals surface area (Å²) in [5.41, 5.74) is -1.28. The molecule has 0 N–H and O–H groups in total. The number of hydrogen-bond acceptors (Lipinski definition) is 6. The Morgan fingerprint density at radius 1 is 1.22 bits per heavy atom. The predicted octanol–water partition coefficient (Wildman–Crippen LogP) is 2.61. The fraction of sp³-hybridized carbons (Fsp3) is 0.375. The Morgan fingerprint density at radius 3 is 2.41 bits per heavy atom. The molecule has 7 nitrogen and oxygen atoms in total. The number of benzene rings is 1. The zero-order valence-corrected chi connectivity index (χ0v) is 15.4. The summed E-state index contributed by atoms with van der Waals surface area (Å²) in [5, 5.41) is 6.88. The quantitative estimate of drug-likeness (QED) is 0.786. The summed E-state index contributed by atoms with van der Waals surface area (Å²) in [5.74, 6) is -0.832. The van der Waals surface area contributed by atoms with Crippen molar-refractivity contribution >= 4 is 20.7 Å². The molecule has 2 heterocycles. The van der Waals surface area contributed by atoms with Crippen molar-refractivity contribution in [3.63, 3.8) is 0 Å². The number of para-hydroxylation sites is 1. The second kappa shape index (κ2) is 6.87. The van der Waals surface area contributed by atoms with Crippen LogP contribution in [0.5, 0.6) is 0 Å². The summed E-state index contributed by atoms with van der Waals surface area (Å²) in [4.78, 5) is 6.10. The number of anilines is 1. The Bertz CT molecular complexity index is 967. The molecule has 0 saturated carbocycles. The average molecular weight is 402 g/mol. The van der Waals surface area contributed by atoms with Crippen LogP contribution in [0.4, 0.5) is 19.0 Å². The Balaban J connectivity index is 2.20.